The molecule has 1 aromatic carbocycles. The van der Waals surface area contributed by atoms with E-state index in [2.05, 4.69) is 4.98 Å². The van der Waals surface area contributed by atoms with E-state index >= 15 is 0 Å². The number of aromatic nitrogens is 1. The van der Waals surface area contributed by atoms with Crippen LogP contribution < -0.4 is 0 Å². The molecule has 0 fully saturated rings. The highest BCUT2D eigenvalue weighted by atomic mass is 127. The van der Waals surface area contributed by atoms with E-state index in [1.807, 2.05) is 52.9 Å². The molecule has 2 rings (SSSR count). The molecule has 0 aliphatic rings. The number of thioether (sulfide) groups is 1. The third kappa shape index (κ3) is 4.10. The van der Waals surface area contributed by atoms with Crippen molar-refractivity contribution in [3.8, 4) is 0 Å². The molecule has 0 atom stereocenters. The lowest BCUT2D eigenvalue weighted by Gasteiger charge is -2.11. The Hall–Kier alpha value is -0.760. The van der Waals surface area contributed by atoms with Gasteiger partial charge in [-0.15, -0.1) is 11.8 Å². The van der Waals surface area contributed by atoms with Gasteiger partial charge in [0.1, 0.15) is 5.03 Å². The zero-order chi connectivity index (χ0) is 13.9. The van der Waals surface area contributed by atoms with E-state index in [0.717, 1.165) is 23.4 Å². The van der Waals surface area contributed by atoms with Gasteiger partial charge in [-0.3, -0.25) is 0 Å². The van der Waals surface area contributed by atoms with Crippen molar-refractivity contribution >= 4 is 34.4 Å². The topological polar surface area (TPSA) is 12.9 Å². The third-order valence-corrected chi connectivity index (χ3v) is 4.01. The van der Waals surface area contributed by atoms with Gasteiger partial charge in [0.05, 0.1) is 5.56 Å². The number of hydrogen-bond donors (Lipinski definition) is 0. The molecule has 2 aromatic rings. The van der Waals surface area contributed by atoms with Crippen molar-refractivity contribution in [2.75, 3.05) is 0 Å². The van der Waals surface area contributed by atoms with Gasteiger partial charge < -0.3 is 0 Å². The molecule has 0 N–H and O–H groups in total. The average Bonchev–Trinajstić information content (AvgIpc) is 2.37. The van der Waals surface area contributed by atoms with Gasteiger partial charge in [0.25, 0.3) is 0 Å². The van der Waals surface area contributed by atoms with E-state index in [0.29, 0.717) is 9.32 Å². The molecular formula is C13H9F3INS. The fourth-order valence-corrected chi connectivity index (χ4v) is 2.87. The first-order valence-corrected chi connectivity index (χ1v) is 7.43. The first kappa shape index (κ1) is 14.6. The number of rotatable bonds is 3. The molecule has 19 heavy (non-hydrogen) atoms. The largest absolute Gasteiger partial charge is 0.419 e. The summed E-state index contributed by atoms with van der Waals surface area (Å²) in [6.45, 7) is 0. The van der Waals surface area contributed by atoms with Crippen LogP contribution in [-0.4, -0.2) is 4.98 Å². The monoisotopic (exact) mass is 395 g/mol. The SMILES string of the molecule is FC(F)(F)c1cc(I)cnc1SCc1ccccc1. The van der Waals surface area contributed by atoms with Crippen LogP contribution in [0.1, 0.15) is 11.1 Å². The summed E-state index contributed by atoms with van der Waals surface area (Å²) in [5, 5.41) is 0.0248. The summed E-state index contributed by atoms with van der Waals surface area (Å²) in [5.41, 5.74) is 0.307. The van der Waals surface area contributed by atoms with E-state index < -0.39 is 11.7 Å². The minimum absolute atomic E-state index is 0.0248. The number of pyridine rings is 1. The minimum atomic E-state index is -4.37. The number of halogens is 4. The molecular weight excluding hydrogens is 386 g/mol. The number of benzene rings is 1. The number of alkyl halides is 3. The van der Waals surface area contributed by atoms with Crippen LogP contribution in [0.2, 0.25) is 0 Å². The molecule has 1 nitrogen and oxygen atoms in total. The quantitative estimate of drug-likeness (QED) is 0.536. The van der Waals surface area contributed by atoms with Crippen molar-refractivity contribution < 1.29 is 13.2 Å². The normalized spacial score (nSPS) is 11.6. The van der Waals surface area contributed by atoms with E-state index in [-0.39, 0.29) is 5.03 Å². The van der Waals surface area contributed by atoms with Crippen LogP contribution in [-0.2, 0) is 11.9 Å². The Labute approximate surface area is 126 Å². The van der Waals surface area contributed by atoms with Crippen LogP contribution in [0.4, 0.5) is 13.2 Å². The summed E-state index contributed by atoms with van der Waals surface area (Å²) in [6.07, 6.45) is -2.92. The molecule has 0 aliphatic heterocycles. The molecule has 0 radical (unpaired) electrons. The lowest BCUT2D eigenvalue weighted by molar-refractivity contribution is -0.140. The molecule has 100 valence electrons. The molecule has 1 aromatic heterocycles. The maximum absolute atomic E-state index is 12.9. The van der Waals surface area contributed by atoms with Crippen molar-refractivity contribution in [3.63, 3.8) is 0 Å². The predicted octanol–water partition coefficient (Wildman–Crippen LogP) is 5.00. The van der Waals surface area contributed by atoms with Gasteiger partial charge in [-0.1, -0.05) is 30.3 Å². The summed E-state index contributed by atoms with van der Waals surface area (Å²) in [7, 11) is 0. The predicted molar refractivity (Wildman–Crippen MR) is 78.0 cm³/mol. The highest BCUT2D eigenvalue weighted by Gasteiger charge is 2.34. The Balaban J connectivity index is 2.21. The second-order valence-corrected chi connectivity index (χ2v) is 5.99. The minimum Gasteiger partial charge on any atom is -0.248 e. The van der Waals surface area contributed by atoms with Crippen molar-refractivity contribution in [2.24, 2.45) is 0 Å². The maximum atomic E-state index is 12.9. The Morgan fingerprint density at radius 3 is 2.47 bits per heavy atom. The smallest absolute Gasteiger partial charge is 0.248 e. The number of nitrogens with zero attached hydrogens (tertiary/aromatic N) is 1. The standard InChI is InChI=1S/C13H9F3INS/c14-13(15,16)11-6-10(17)7-18-12(11)19-8-9-4-2-1-3-5-9/h1-7H,8H2. The van der Waals surface area contributed by atoms with Gasteiger partial charge in [-0.05, 0) is 34.2 Å². The second kappa shape index (κ2) is 6.13. The van der Waals surface area contributed by atoms with Gasteiger partial charge in [0.2, 0.25) is 0 Å². The summed E-state index contributed by atoms with van der Waals surface area (Å²) in [6, 6.07) is 10.5. The summed E-state index contributed by atoms with van der Waals surface area (Å²) >= 11 is 2.93. The van der Waals surface area contributed by atoms with Crippen LogP contribution in [0.15, 0.2) is 47.6 Å². The van der Waals surface area contributed by atoms with Gasteiger partial charge in [-0.25, -0.2) is 4.98 Å². The zero-order valence-corrected chi connectivity index (χ0v) is 12.6. The Morgan fingerprint density at radius 2 is 1.84 bits per heavy atom. The van der Waals surface area contributed by atoms with Crippen molar-refractivity contribution in [2.45, 2.75) is 17.0 Å². The Morgan fingerprint density at radius 1 is 1.16 bits per heavy atom. The van der Waals surface area contributed by atoms with Crippen molar-refractivity contribution in [3.05, 3.63) is 57.3 Å². The molecule has 1 heterocycles. The molecule has 0 aliphatic carbocycles. The van der Waals surface area contributed by atoms with Crippen LogP contribution in [0.5, 0.6) is 0 Å². The van der Waals surface area contributed by atoms with Crippen molar-refractivity contribution in [1.29, 1.82) is 0 Å². The summed E-state index contributed by atoms with van der Waals surface area (Å²) < 4.78 is 39.2. The zero-order valence-electron chi connectivity index (χ0n) is 9.62. The lowest BCUT2D eigenvalue weighted by Crippen LogP contribution is -2.08. The highest BCUT2D eigenvalue weighted by molar-refractivity contribution is 14.1. The fraction of sp³-hybridized carbons (Fsp3) is 0.154. The summed E-state index contributed by atoms with van der Waals surface area (Å²) in [5.74, 6) is 0.470. The van der Waals surface area contributed by atoms with E-state index in [4.69, 9.17) is 0 Å². The first-order chi connectivity index (χ1) is 8.97. The summed E-state index contributed by atoms with van der Waals surface area (Å²) in [4.78, 5) is 3.90. The molecule has 0 spiro atoms. The van der Waals surface area contributed by atoms with Gasteiger partial charge >= 0.3 is 6.18 Å². The highest BCUT2D eigenvalue weighted by Crippen LogP contribution is 2.37. The van der Waals surface area contributed by atoms with Gasteiger partial charge in [-0.2, -0.15) is 13.2 Å². The van der Waals surface area contributed by atoms with Crippen LogP contribution in [0.3, 0.4) is 0 Å². The molecule has 6 heteroatoms. The third-order valence-electron chi connectivity index (χ3n) is 2.34. The van der Waals surface area contributed by atoms with Crippen LogP contribution in [0.25, 0.3) is 0 Å². The van der Waals surface area contributed by atoms with Gasteiger partial charge in [0, 0.05) is 15.5 Å². The van der Waals surface area contributed by atoms with Crippen molar-refractivity contribution in [1.82, 2.24) is 4.98 Å². The lowest BCUT2D eigenvalue weighted by atomic mass is 10.2. The molecule has 0 saturated carbocycles. The maximum Gasteiger partial charge on any atom is 0.419 e. The van der Waals surface area contributed by atoms with E-state index in [9.17, 15) is 13.2 Å². The molecule has 0 amide bonds. The molecule has 0 unspecified atom stereocenters. The van der Waals surface area contributed by atoms with Gasteiger partial charge in [0.15, 0.2) is 0 Å². The van der Waals surface area contributed by atoms with E-state index in [1.54, 1.807) is 0 Å². The van der Waals surface area contributed by atoms with Crippen LogP contribution >= 0.6 is 34.4 Å². The Bertz CT molecular complexity index is 558. The average molecular weight is 395 g/mol. The molecule has 0 bridgehead atoms. The second-order valence-electron chi connectivity index (χ2n) is 3.78. The Kier molecular flexibility index (Phi) is 4.72. The van der Waals surface area contributed by atoms with Crippen LogP contribution in [0, 0.1) is 3.57 Å². The molecule has 0 saturated heterocycles. The fourth-order valence-electron chi connectivity index (χ4n) is 1.47. The first-order valence-electron chi connectivity index (χ1n) is 5.36. The number of hydrogen-bond acceptors (Lipinski definition) is 2. The van der Waals surface area contributed by atoms with E-state index in [1.165, 1.54) is 6.20 Å².